The fraction of sp³-hybridized carbons (Fsp3) is 0.250. The molecule has 164 valence electrons. The van der Waals surface area contributed by atoms with Gasteiger partial charge in [0.1, 0.15) is 5.75 Å². The molecule has 0 spiro atoms. The molecule has 0 unspecified atom stereocenters. The van der Waals surface area contributed by atoms with E-state index in [-0.39, 0.29) is 55.2 Å². The predicted molar refractivity (Wildman–Crippen MR) is 116 cm³/mol. The van der Waals surface area contributed by atoms with Crippen LogP contribution >= 0.6 is 11.6 Å². The van der Waals surface area contributed by atoms with Gasteiger partial charge in [-0.1, -0.05) is 41.9 Å². The van der Waals surface area contributed by atoms with E-state index >= 15 is 0 Å². The highest BCUT2D eigenvalue weighted by molar-refractivity contribution is 7.92. The van der Waals surface area contributed by atoms with E-state index in [1.807, 2.05) is 18.2 Å². The third kappa shape index (κ3) is 6.03. The number of rotatable bonds is 7. The van der Waals surface area contributed by atoms with Gasteiger partial charge in [-0.3, -0.25) is 14.9 Å². The fourth-order valence-corrected chi connectivity index (χ4v) is 4.36. The normalized spacial score (nSPS) is 15.2. The molecule has 31 heavy (non-hydrogen) atoms. The first-order valence-corrected chi connectivity index (χ1v) is 11.2. The number of hydrogen-bond donors (Lipinski definition) is 0. The van der Waals surface area contributed by atoms with Crippen molar-refractivity contribution in [3.05, 3.63) is 74.6 Å². The van der Waals surface area contributed by atoms with Crippen LogP contribution in [0.15, 0.2) is 53.9 Å². The zero-order chi connectivity index (χ0) is 22.4. The van der Waals surface area contributed by atoms with Crippen LogP contribution in [0, 0.1) is 10.1 Å². The van der Waals surface area contributed by atoms with Crippen molar-refractivity contribution in [3.63, 3.8) is 0 Å². The smallest absolute Gasteiger partial charge is 0.271 e. The van der Waals surface area contributed by atoms with Gasteiger partial charge in [-0.2, -0.15) is 4.31 Å². The highest BCUT2D eigenvalue weighted by Crippen LogP contribution is 2.28. The van der Waals surface area contributed by atoms with E-state index in [1.54, 1.807) is 12.1 Å². The van der Waals surface area contributed by atoms with E-state index < -0.39 is 14.9 Å². The Balaban J connectivity index is 1.51. The Kier molecular flexibility index (Phi) is 7.26. The van der Waals surface area contributed by atoms with Gasteiger partial charge in [0.15, 0.2) is 6.61 Å². The number of carbonyl (C=O) groups excluding carboxylic acids is 1. The van der Waals surface area contributed by atoms with Crippen molar-refractivity contribution < 1.29 is 22.9 Å². The van der Waals surface area contributed by atoms with E-state index in [1.165, 1.54) is 32.8 Å². The maximum absolute atomic E-state index is 12.5. The number of sulfonamides is 1. The lowest BCUT2D eigenvalue weighted by Crippen LogP contribution is -2.51. The second kappa shape index (κ2) is 9.90. The number of benzene rings is 2. The summed E-state index contributed by atoms with van der Waals surface area (Å²) in [6, 6.07) is 12.8. The quantitative estimate of drug-likeness (QED) is 0.459. The van der Waals surface area contributed by atoms with E-state index in [0.717, 1.165) is 11.6 Å². The third-order valence-electron chi connectivity index (χ3n) is 4.66. The molecule has 0 aromatic heterocycles. The molecule has 2 aromatic carbocycles. The molecule has 11 heteroatoms. The van der Waals surface area contributed by atoms with Gasteiger partial charge in [-0.25, -0.2) is 8.42 Å². The summed E-state index contributed by atoms with van der Waals surface area (Å²) in [4.78, 5) is 24.1. The van der Waals surface area contributed by atoms with Crippen molar-refractivity contribution in [2.75, 3.05) is 32.8 Å². The number of ether oxygens (including phenoxy) is 1. The van der Waals surface area contributed by atoms with Gasteiger partial charge < -0.3 is 9.64 Å². The molecular formula is C20H20ClN3O6S. The number of nitrogens with zero attached hydrogens (tertiary/aromatic N) is 3. The summed E-state index contributed by atoms with van der Waals surface area (Å²) < 4.78 is 31.7. The largest absolute Gasteiger partial charge is 0.482 e. The number of carbonyl (C=O) groups is 1. The molecule has 1 fully saturated rings. The highest BCUT2D eigenvalue weighted by Gasteiger charge is 2.27. The zero-order valence-corrected chi connectivity index (χ0v) is 18.0. The van der Waals surface area contributed by atoms with Gasteiger partial charge in [0.05, 0.1) is 9.95 Å². The second-order valence-corrected chi connectivity index (χ2v) is 8.92. The van der Waals surface area contributed by atoms with E-state index in [4.69, 9.17) is 16.3 Å². The van der Waals surface area contributed by atoms with Gasteiger partial charge in [-0.05, 0) is 17.7 Å². The number of piperazine rings is 1. The van der Waals surface area contributed by atoms with Crippen molar-refractivity contribution in [2.24, 2.45) is 0 Å². The summed E-state index contributed by atoms with van der Waals surface area (Å²) >= 11 is 5.95. The maximum Gasteiger partial charge on any atom is 0.271 e. The van der Waals surface area contributed by atoms with Crippen LogP contribution in [0.3, 0.4) is 0 Å². The first-order chi connectivity index (χ1) is 14.8. The van der Waals surface area contributed by atoms with Gasteiger partial charge in [0.2, 0.25) is 10.0 Å². The Morgan fingerprint density at radius 1 is 1.13 bits per heavy atom. The molecule has 1 heterocycles. The van der Waals surface area contributed by atoms with Crippen LogP contribution in [-0.4, -0.2) is 61.2 Å². The van der Waals surface area contributed by atoms with Crippen molar-refractivity contribution in [3.8, 4) is 5.75 Å². The Bertz CT molecular complexity index is 1080. The van der Waals surface area contributed by atoms with Crippen LogP contribution in [0.4, 0.5) is 5.69 Å². The topological polar surface area (TPSA) is 110 Å². The Hall–Kier alpha value is -2.95. The lowest BCUT2D eigenvalue weighted by Gasteiger charge is -2.33. The SMILES string of the molecule is O=C(COc1ccc([N+](=O)[O-])cc1Cl)N1CCN(S(=O)(=O)/C=C/c2ccccc2)CC1. The number of halogens is 1. The van der Waals surface area contributed by atoms with Crippen LogP contribution < -0.4 is 4.74 Å². The molecule has 2 aromatic rings. The predicted octanol–water partition coefficient (Wildman–Crippen LogP) is 2.77. The summed E-state index contributed by atoms with van der Waals surface area (Å²) in [5.41, 5.74) is 0.601. The molecule has 1 saturated heterocycles. The van der Waals surface area contributed by atoms with Crippen LogP contribution in [0.2, 0.25) is 5.02 Å². The Labute approximate surface area is 184 Å². The van der Waals surface area contributed by atoms with Crippen molar-refractivity contribution in [1.82, 2.24) is 9.21 Å². The second-order valence-electron chi connectivity index (χ2n) is 6.70. The summed E-state index contributed by atoms with van der Waals surface area (Å²) in [7, 11) is -3.59. The molecule has 0 N–H and O–H groups in total. The third-order valence-corrected chi connectivity index (χ3v) is 6.52. The Morgan fingerprint density at radius 3 is 2.42 bits per heavy atom. The Morgan fingerprint density at radius 2 is 1.81 bits per heavy atom. The van der Waals surface area contributed by atoms with Gasteiger partial charge in [-0.15, -0.1) is 0 Å². The maximum atomic E-state index is 12.5. The van der Waals surface area contributed by atoms with E-state index in [2.05, 4.69) is 0 Å². The summed E-state index contributed by atoms with van der Waals surface area (Å²) in [6.45, 7) is 0.498. The zero-order valence-electron chi connectivity index (χ0n) is 16.4. The van der Waals surface area contributed by atoms with E-state index in [0.29, 0.717) is 0 Å². The summed E-state index contributed by atoms with van der Waals surface area (Å²) in [5.74, 6) is -0.167. The molecule has 9 nitrogen and oxygen atoms in total. The molecule has 1 aliphatic heterocycles. The molecule has 0 saturated carbocycles. The minimum Gasteiger partial charge on any atom is -0.482 e. The number of nitro groups is 1. The summed E-state index contributed by atoms with van der Waals surface area (Å²) in [6.07, 6.45) is 1.54. The standard InChI is InChI=1S/C20H20ClN3O6S/c21-18-14-17(24(26)27)6-7-19(18)30-15-20(25)22-9-11-23(12-10-22)31(28,29)13-8-16-4-2-1-3-5-16/h1-8,13-14H,9-12,15H2/b13-8+. The minimum absolute atomic E-state index is 0.0307. The van der Waals surface area contributed by atoms with Gasteiger partial charge >= 0.3 is 0 Å². The lowest BCUT2D eigenvalue weighted by atomic mass is 10.2. The van der Waals surface area contributed by atoms with Crippen molar-refractivity contribution >= 4 is 39.3 Å². The van der Waals surface area contributed by atoms with Crippen LogP contribution in [-0.2, 0) is 14.8 Å². The molecule has 0 radical (unpaired) electrons. The number of non-ortho nitro benzene ring substituents is 1. The number of hydrogen-bond acceptors (Lipinski definition) is 6. The van der Waals surface area contributed by atoms with Crippen LogP contribution in [0.5, 0.6) is 5.75 Å². The lowest BCUT2D eigenvalue weighted by molar-refractivity contribution is -0.384. The first-order valence-electron chi connectivity index (χ1n) is 9.34. The first kappa shape index (κ1) is 22.7. The summed E-state index contributed by atoms with van der Waals surface area (Å²) in [5, 5.41) is 11.9. The van der Waals surface area contributed by atoms with Crippen molar-refractivity contribution in [1.29, 1.82) is 0 Å². The average Bonchev–Trinajstić information content (AvgIpc) is 2.77. The van der Waals surface area contributed by atoms with E-state index in [9.17, 15) is 23.3 Å². The molecule has 1 amide bonds. The molecule has 3 rings (SSSR count). The molecule has 1 aliphatic rings. The number of amides is 1. The molecular weight excluding hydrogens is 446 g/mol. The molecule has 0 atom stereocenters. The van der Waals surface area contributed by atoms with Gasteiger partial charge in [0.25, 0.3) is 11.6 Å². The fourth-order valence-electron chi connectivity index (χ4n) is 2.96. The van der Waals surface area contributed by atoms with Crippen LogP contribution in [0.1, 0.15) is 5.56 Å². The monoisotopic (exact) mass is 465 g/mol. The van der Waals surface area contributed by atoms with Crippen LogP contribution in [0.25, 0.3) is 6.08 Å². The number of nitro benzene ring substituents is 1. The van der Waals surface area contributed by atoms with Crippen molar-refractivity contribution in [2.45, 2.75) is 0 Å². The van der Waals surface area contributed by atoms with Gasteiger partial charge in [0, 0.05) is 43.7 Å². The molecule has 0 aliphatic carbocycles. The average molecular weight is 466 g/mol. The minimum atomic E-state index is -3.59. The molecule has 0 bridgehead atoms. The highest BCUT2D eigenvalue weighted by atomic mass is 35.5.